The second kappa shape index (κ2) is 7.44. The highest BCUT2D eigenvalue weighted by Crippen LogP contribution is 2.34. The van der Waals surface area contributed by atoms with Crippen molar-refractivity contribution < 1.29 is 9.90 Å². The van der Waals surface area contributed by atoms with Gasteiger partial charge in [0.15, 0.2) is 0 Å². The number of hydrogen-bond acceptors (Lipinski definition) is 4. The summed E-state index contributed by atoms with van der Waals surface area (Å²) in [5.41, 5.74) is 3.55. The van der Waals surface area contributed by atoms with Crippen molar-refractivity contribution >= 4 is 21.9 Å². The molecule has 0 bridgehead atoms. The highest BCUT2D eigenvalue weighted by molar-refractivity contribution is 9.10. The molecule has 1 aromatic heterocycles. The fourth-order valence-electron chi connectivity index (χ4n) is 3.39. The van der Waals surface area contributed by atoms with E-state index >= 15 is 0 Å². The number of aliphatic carboxylic acids is 1. The van der Waals surface area contributed by atoms with Crippen molar-refractivity contribution in [2.24, 2.45) is 0 Å². The molecule has 6 nitrogen and oxygen atoms in total. The number of aromatic nitrogens is 3. The molecule has 1 N–H and O–H groups in total. The summed E-state index contributed by atoms with van der Waals surface area (Å²) in [5.74, 6) is -0.906. The Labute approximate surface area is 149 Å². The van der Waals surface area contributed by atoms with E-state index in [9.17, 15) is 4.79 Å². The largest absolute Gasteiger partial charge is 0.480 e. The lowest BCUT2D eigenvalue weighted by Gasteiger charge is -2.26. The molecule has 128 valence electrons. The Bertz CT molecular complexity index is 731. The number of rotatable bonds is 6. The Balaban J connectivity index is 1.64. The van der Waals surface area contributed by atoms with Gasteiger partial charge in [-0.05, 0) is 49.6 Å². The van der Waals surface area contributed by atoms with Gasteiger partial charge in [-0.3, -0.25) is 9.69 Å². The van der Waals surface area contributed by atoms with Crippen molar-refractivity contribution in [1.82, 2.24) is 19.9 Å². The lowest BCUT2D eigenvalue weighted by atomic mass is 9.99. The monoisotopic (exact) mass is 392 g/mol. The number of carboxylic acid groups (broad SMARTS) is 1. The summed E-state index contributed by atoms with van der Waals surface area (Å²) in [6, 6.07) is 6.94. The molecular formula is C17H21BrN4O2. The highest BCUT2D eigenvalue weighted by Gasteiger charge is 2.26. The topological polar surface area (TPSA) is 71.2 Å². The number of carboxylic acids is 1. The Hall–Kier alpha value is -1.73. The fraction of sp³-hybridized carbons (Fsp3) is 0.471. The van der Waals surface area contributed by atoms with Crippen LogP contribution in [0.1, 0.15) is 35.7 Å². The van der Waals surface area contributed by atoms with Crippen LogP contribution in [-0.2, 0) is 17.8 Å². The van der Waals surface area contributed by atoms with Gasteiger partial charge in [-0.25, -0.2) is 4.68 Å². The van der Waals surface area contributed by atoms with Gasteiger partial charge in [0.1, 0.15) is 6.54 Å². The molecule has 0 amide bonds. The van der Waals surface area contributed by atoms with E-state index < -0.39 is 5.97 Å². The summed E-state index contributed by atoms with van der Waals surface area (Å²) >= 11 is 3.53. The number of carbonyl (C=O) groups is 1. The standard InChI is InChI=1S/C17H21BrN4O2/c1-12-9-13(18)4-5-15(12)16-3-2-7-21(16)8-6-14-10-22(20-19-14)11-17(23)24/h4-5,9-10,16H,2-3,6-8,11H2,1H3,(H,23,24). The SMILES string of the molecule is Cc1cc(Br)ccc1C1CCCN1CCc1cn(CC(=O)O)nn1. The highest BCUT2D eigenvalue weighted by atomic mass is 79.9. The van der Waals surface area contributed by atoms with Crippen LogP contribution in [0.15, 0.2) is 28.9 Å². The molecule has 7 heteroatoms. The van der Waals surface area contributed by atoms with Gasteiger partial charge >= 0.3 is 5.97 Å². The molecule has 1 aliphatic heterocycles. The molecule has 24 heavy (non-hydrogen) atoms. The maximum absolute atomic E-state index is 10.7. The van der Waals surface area contributed by atoms with Crippen LogP contribution in [0.3, 0.4) is 0 Å². The van der Waals surface area contributed by atoms with Gasteiger partial charge in [0.25, 0.3) is 0 Å². The number of hydrogen-bond donors (Lipinski definition) is 1. The molecule has 3 rings (SSSR count). The predicted octanol–water partition coefficient (Wildman–Crippen LogP) is 2.81. The first-order valence-electron chi connectivity index (χ1n) is 8.14. The van der Waals surface area contributed by atoms with Crippen molar-refractivity contribution in [2.75, 3.05) is 13.1 Å². The van der Waals surface area contributed by atoms with E-state index in [1.165, 1.54) is 28.7 Å². The van der Waals surface area contributed by atoms with E-state index in [0.717, 1.165) is 29.7 Å². The maximum Gasteiger partial charge on any atom is 0.325 e. The number of halogens is 1. The third kappa shape index (κ3) is 4.02. The Kier molecular flexibility index (Phi) is 5.30. The molecular weight excluding hydrogens is 372 g/mol. The maximum atomic E-state index is 10.7. The summed E-state index contributed by atoms with van der Waals surface area (Å²) in [5, 5.41) is 16.7. The third-order valence-electron chi connectivity index (χ3n) is 4.49. The zero-order valence-electron chi connectivity index (χ0n) is 13.7. The van der Waals surface area contributed by atoms with E-state index in [-0.39, 0.29) is 6.54 Å². The van der Waals surface area contributed by atoms with Crippen LogP contribution in [-0.4, -0.2) is 44.1 Å². The summed E-state index contributed by atoms with van der Waals surface area (Å²) in [4.78, 5) is 13.2. The van der Waals surface area contributed by atoms with Gasteiger partial charge in [-0.1, -0.05) is 27.2 Å². The van der Waals surface area contributed by atoms with E-state index in [1.54, 1.807) is 6.20 Å². The summed E-state index contributed by atoms with van der Waals surface area (Å²) in [7, 11) is 0. The molecule has 1 saturated heterocycles. The minimum atomic E-state index is -0.906. The molecule has 1 unspecified atom stereocenters. The molecule has 1 aromatic carbocycles. The Morgan fingerprint density at radius 2 is 2.29 bits per heavy atom. The van der Waals surface area contributed by atoms with Crippen LogP contribution in [0.4, 0.5) is 0 Å². The number of likely N-dealkylation sites (tertiary alicyclic amines) is 1. The minimum Gasteiger partial charge on any atom is -0.480 e. The van der Waals surface area contributed by atoms with Crippen molar-refractivity contribution in [3.8, 4) is 0 Å². The first kappa shape index (κ1) is 17.1. The predicted molar refractivity (Wildman–Crippen MR) is 93.8 cm³/mol. The Morgan fingerprint density at radius 1 is 1.46 bits per heavy atom. The number of benzene rings is 1. The van der Waals surface area contributed by atoms with Crippen LogP contribution in [0.25, 0.3) is 0 Å². The number of aryl methyl sites for hydroxylation is 1. The van der Waals surface area contributed by atoms with Crippen LogP contribution in [0.5, 0.6) is 0 Å². The van der Waals surface area contributed by atoms with E-state index in [2.05, 4.69) is 56.3 Å². The average Bonchev–Trinajstić information content (AvgIpc) is 3.14. The Morgan fingerprint density at radius 3 is 3.04 bits per heavy atom. The smallest absolute Gasteiger partial charge is 0.325 e. The third-order valence-corrected chi connectivity index (χ3v) is 4.99. The molecule has 2 heterocycles. The van der Waals surface area contributed by atoms with Gasteiger partial charge in [-0.2, -0.15) is 0 Å². The van der Waals surface area contributed by atoms with Gasteiger partial charge in [-0.15, -0.1) is 5.10 Å². The first-order chi connectivity index (χ1) is 11.5. The van der Waals surface area contributed by atoms with Crippen LogP contribution in [0, 0.1) is 6.92 Å². The zero-order valence-corrected chi connectivity index (χ0v) is 15.2. The minimum absolute atomic E-state index is 0.141. The zero-order chi connectivity index (χ0) is 17.1. The second-order valence-electron chi connectivity index (χ2n) is 6.25. The molecule has 0 radical (unpaired) electrons. The van der Waals surface area contributed by atoms with Gasteiger partial charge in [0.2, 0.25) is 0 Å². The summed E-state index contributed by atoms with van der Waals surface area (Å²) < 4.78 is 2.49. The molecule has 2 aromatic rings. The normalized spacial score (nSPS) is 18.2. The van der Waals surface area contributed by atoms with Gasteiger partial charge in [0.05, 0.1) is 5.69 Å². The lowest BCUT2D eigenvalue weighted by molar-refractivity contribution is -0.137. The summed E-state index contributed by atoms with van der Waals surface area (Å²) in [6.07, 6.45) is 4.88. The molecule has 1 aliphatic rings. The van der Waals surface area contributed by atoms with Crippen LogP contribution in [0.2, 0.25) is 0 Å². The summed E-state index contributed by atoms with van der Waals surface area (Å²) in [6.45, 7) is 4.01. The van der Waals surface area contributed by atoms with Crippen molar-refractivity contribution in [2.45, 2.75) is 38.8 Å². The van der Waals surface area contributed by atoms with Gasteiger partial charge in [0, 0.05) is 29.7 Å². The van der Waals surface area contributed by atoms with Crippen LogP contribution >= 0.6 is 15.9 Å². The van der Waals surface area contributed by atoms with Crippen molar-refractivity contribution in [1.29, 1.82) is 0 Å². The first-order valence-corrected chi connectivity index (χ1v) is 8.93. The van der Waals surface area contributed by atoms with E-state index in [1.807, 2.05) is 0 Å². The quantitative estimate of drug-likeness (QED) is 0.817. The molecule has 1 atom stereocenters. The molecule has 0 saturated carbocycles. The van der Waals surface area contributed by atoms with Crippen molar-refractivity contribution in [3.05, 3.63) is 45.7 Å². The average molecular weight is 393 g/mol. The van der Waals surface area contributed by atoms with E-state index in [4.69, 9.17) is 5.11 Å². The van der Waals surface area contributed by atoms with Gasteiger partial charge < -0.3 is 5.11 Å². The lowest BCUT2D eigenvalue weighted by Crippen LogP contribution is -2.26. The van der Waals surface area contributed by atoms with E-state index in [0.29, 0.717) is 6.04 Å². The van der Waals surface area contributed by atoms with Crippen LogP contribution < -0.4 is 0 Å². The fourth-order valence-corrected chi connectivity index (χ4v) is 3.86. The molecule has 1 fully saturated rings. The van der Waals surface area contributed by atoms with Crippen molar-refractivity contribution in [3.63, 3.8) is 0 Å². The second-order valence-corrected chi connectivity index (χ2v) is 7.16. The number of nitrogens with zero attached hydrogens (tertiary/aromatic N) is 4. The molecule has 0 spiro atoms. The molecule has 0 aliphatic carbocycles.